The van der Waals surface area contributed by atoms with Crippen LogP contribution in [0.2, 0.25) is 0 Å². The van der Waals surface area contributed by atoms with E-state index in [-0.39, 0.29) is 0 Å². The Kier molecular flexibility index (Phi) is 4.64. The van der Waals surface area contributed by atoms with Crippen molar-refractivity contribution in [3.8, 4) is 22.4 Å². The van der Waals surface area contributed by atoms with Crippen LogP contribution in [0, 0.1) is 6.92 Å². The van der Waals surface area contributed by atoms with Gasteiger partial charge < -0.3 is 0 Å². The third-order valence-electron chi connectivity index (χ3n) is 7.56. The maximum atomic E-state index is 5.28. The highest BCUT2D eigenvalue weighted by Crippen LogP contribution is 2.44. The van der Waals surface area contributed by atoms with E-state index in [4.69, 9.17) is 9.97 Å². The molecule has 0 aliphatic rings. The van der Waals surface area contributed by atoms with Crippen molar-refractivity contribution in [2.45, 2.75) is 6.92 Å². The molecule has 0 spiro atoms. The summed E-state index contributed by atoms with van der Waals surface area (Å²) in [5, 5.41) is 7.26. The molecule has 0 bridgehead atoms. The van der Waals surface area contributed by atoms with E-state index in [1.54, 1.807) is 0 Å². The number of aryl methyl sites for hydroxylation is 1. The molecule has 2 nitrogen and oxygen atoms in total. The van der Waals surface area contributed by atoms with Crippen LogP contribution in [0.3, 0.4) is 0 Å². The Balaban J connectivity index is 1.42. The predicted molar refractivity (Wildman–Crippen MR) is 163 cm³/mol. The van der Waals surface area contributed by atoms with Crippen LogP contribution in [0.1, 0.15) is 5.56 Å². The van der Waals surface area contributed by atoms with Crippen molar-refractivity contribution in [3.63, 3.8) is 0 Å². The van der Waals surface area contributed by atoms with Crippen LogP contribution in [0.5, 0.6) is 0 Å². The minimum absolute atomic E-state index is 0.909. The van der Waals surface area contributed by atoms with E-state index < -0.39 is 0 Å². The van der Waals surface area contributed by atoms with Crippen LogP contribution >= 0.6 is 11.3 Å². The van der Waals surface area contributed by atoms with Gasteiger partial charge in [-0.15, -0.1) is 11.3 Å². The van der Waals surface area contributed by atoms with Gasteiger partial charge >= 0.3 is 0 Å². The van der Waals surface area contributed by atoms with Crippen LogP contribution < -0.4 is 0 Å². The first-order valence-electron chi connectivity index (χ1n) is 12.8. The summed E-state index contributed by atoms with van der Waals surface area (Å²) in [4.78, 5) is 10.3. The van der Waals surface area contributed by atoms with Crippen molar-refractivity contribution in [1.82, 2.24) is 9.97 Å². The van der Waals surface area contributed by atoms with E-state index in [0.717, 1.165) is 33.1 Å². The second-order valence-electron chi connectivity index (χ2n) is 9.88. The van der Waals surface area contributed by atoms with Gasteiger partial charge in [0.05, 0.1) is 22.9 Å². The highest BCUT2D eigenvalue weighted by Gasteiger charge is 2.16. The first-order chi connectivity index (χ1) is 18.8. The molecule has 8 aromatic rings. The van der Waals surface area contributed by atoms with E-state index in [1.165, 1.54) is 47.6 Å². The molecule has 0 unspecified atom stereocenters. The van der Waals surface area contributed by atoms with Gasteiger partial charge in [0.25, 0.3) is 0 Å². The summed E-state index contributed by atoms with van der Waals surface area (Å²) in [6.07, 6.45) is 1.95. The minimum atomic E-state index is 0.909. The van der Waals surface area contributed by atoms with E-state index in [9.17, 15) is 0 Å². The molecule has 0 amide bonds. The molecule has 3 heteroatoms. The molecule has 0 saturated carbocycles. The van der Waals surface area contributed by atoms with Crippen LogP contribution in [0.25, 0.3) is 75.1 Å². The van der Waals surface area contributed by atoms with E-state index in [2.05, 4.69) is 116 Å². The van der Waals surface area contributed by atoms with E-state index in [0.29, 0.717) is 0 Å². The molecule has 0 N–H and O–H groups in total. The lowest BCUT2D eigenvalue weighted by atomic mass is 9.99. The van der Waals surface area contributed by atoms with Crippen LogP contribution in [-0.4, -0.2) is 9.97 Å². The summed E-state index contributed by atoms with van der Waals surface area (Å²) in [5.74, 6) is 0. The lowest BCUT2D eigenvalue weighted by molar-refractivity contribution is 1.31. The second-order valence-corrected chi connectivity index (χ2v) is 10.9. The Morgan fingerprint density at radius 2 is 1.11 bits per heavy atom. The number of rotatable bonds is 2. The Bertz CT molecular complexity index is 2170. The molecule has 0 atom stereocenters. The standard InChI is InChI=1S/C35H22N2S/c1-21-9-6-10-22(19-21)23-15-7-16-28-29-17-8-18-30(35(29)38-34(23)28)31-20-36-32-26-13-4-2-11-24(26)25-12-3-5-14-27(25)33(32)37-31/h2-20H,1H3. The van der Waals surface area contributed by atoms with Gasteiger partial charge in [0, 0.05) is 36.5 Å². The molecular weight excluding hydrogens is 480 g/mol. The van der Waals surface area contributed by atoms with Gasteiger partial charge in [0.15, 0.2) is 0 Å². The number of nitrogens with zero attached hydrogens (tertiary/aromatic N) is 2. The van der Waals surface area contributed by atoms with Gasteiger partial charge in [-0.3, -0.25) is 4.98 Å². The van der Waals surface area contributed by atoms with Gasteiger partial charge in [0.1, 0.15) is 0 Å². The fraction of sp³-hybridized carbons (Fsp3) is 0.0286. The highest BCUT2D eigenvalue weighted by molar-refractivity contribution is 7.26. The van der Waals surface area contributed by atoms with Gasteiger partial charge in [-0.05, 0) is 28.8 Å². The molecule has 2 aromatic heterocycles. The third kappa shape index (κ3) is 3.12. The van der Waals surface area contributed by atoms with Crippen LogP contribution in [0.15, 0.2) is 115 Å². The van der Waals surface area contributed by atoms with Gasteiger partial charge in [-0.1, -0.05) is 115 Å². The zero-order valence-electron chi connectivity index (χ0n) is 20.8. The van der Waals surface area contributed by atoms with Gasteiger partial charge in [-0.25, -0.2) is 4.98 Å². The van der Waals surface area contributed by atoms with Crippen molar-refractivity contribution < 1.29 is 0 Å². The first kappa shape index (κ1) is 21.5. The second kappa shape index (κ2) is 8.20. The van der Waals surface area contributed by atoms with Crippen molar-refractivity contribution in [1.29, 1.82) is 0 Å². The molecule has 2 heterocycles. The van der Waals surface area contributed by atoms with E-state index in [1.807, 2.05) is 17.5 Å². The SMILES string of the molecule is Cc1cccc(-c2cccc3c2sc2c(-c4cnc5c6ccccc6c6ccccc6c5n4)cccc23)c1. The zero-order chi connectivity index (χ0) is 25.2. The molecule has 0 saturated heterocycles. The first-order valence-corrected chi connectivity index (χ1v) is 13.7. The third-order valence-corrected chi connectivity index (χ3v) is 8.84. The Hall–Kier alpha value is -4.60. The molecule has 178 valence electrons. The van der Waals surface area contributed by atoms with Crippen molar-refractivity contribution in [2.75, 3.05) is 0 Å². The summed E-state index contributed by atoms with van der Waals surface area (Å²) in [5.41, 5.74) is 7.75. The Labute approximate surface area is 223 Å². The van der Waals surface area contributed by atoms with Crippen LogP contribution in [-0.2, 0) is 0 Å². The number of hydrogen-bond acceptors (Lipinski definition) is 3. The number of thiophene rings is 1. The van der Waals surface area contributed by atoms with Gasteiger partial charge in [-0.2, -0.15) is 0 Å². The molecule has 0 aliphatic heterocycles. The van der Waals surface area contributed by atoms with E-state index >= 15 is 0 Å². The Morgan fingerprint density at radius 1 is 0.526 bits per heavy atom. The van der Waals surface area contributed by atoms with Gasteiger partial charge in [0.2, 0.25) is 0 Å². The van der Waals surface area contributed by atoms with Crippen molar-refractivity contribution >= 4 is 64.1 Å². The van der Waals surface area contributed by atoms with Crippen molar-refractivity contribution in [3.05, 3.63) is 121 Å². The average Bonchev–Trinajstić information content (AvgIpc) is 3.36. The van der Waals surface area contributed by atoms with Crippen molar-refractivity contribution in [2.24, 2.45) is 0 Å². The molecule has 0 fully saturated rings. The maximum Gasteiger partial charge on any atom is 0.0979 e. The monoisotopic (exact) mass is 502 g/mol. The summed E-state index contributed by atoms with van der Waals surface area (Å²) in [7, 11) is 0. The van der Waals surface area contributed by atoms with Crippen LogP contribution in [0.4, 0.5) is 0 Å². The molecule has 8 rings (SSSR count). The lowest BCUT2D eigenvalue weighted by Gasteiger charge is -2.10. The highest BCUT2D eigenvalue weighted by atomic mass is 32.1. The molecule has 6 aromatic carbocycles. The molecule has 0 aliphatic carbocycles. The fourth-order valence-corrected chi connectivity index (χ4v) is 7.17. The predicted octanol–water partition coefficient (Wildman–Crippen LogP) is 9.95. The normalized spacial score (nSPS) is 11.8. The molecule has 0 radical (unpaired) electrons. The topological polar surface area (TPSA) is 25.8 Å². The lowest BCUT2D eigenvalue weighted by Crippen LogP contribution is -1.92. The summed E-state index contributed by atoms with van der Waals surface area (Å²) in [6.45, 7) is 2.15. The minimum Gasteiger partial charge on any atom is -0.252 e. The number of benzene rings is 6. The largest absolute Gasteiger partial charge is 0.252 e. The molecule has 38 heavy (non-hydrogen) atoms. The Morgan fingerprint density at radius 3 is 1.82 bits per heavy atom. The number of fused-ring (bicyclic) bond motifs is 9. The average molecular weight is 503 g/mol. The fourth-order valence-electron chi connectivity index (χ4n) is 5.81. The maximum absolute atomic E-state index is 5.28. The molecular formula is C35H22N2S. The summed E-state index contributed by atoms with van der Waals surface area (Å²) >= 11 is 1.85. The summed E-state index contributed by atoms with van der Waals surface area (Å²) in [6, 6.07) is 39.0. The smallest absolute Gasteiger partial charge is 0.0979 e. The number of hydrogen-bond donors (Lipinski definition) is 0. The zero-order valence-corrected chi connectivity index (χ0v) is 21.6. The number of aromatic nitrogens is 2. The summed E-state index contributed by atoms with van der Waals surface area (Å²) < 4.78 is 2.56. The quantitative estimate of drug-likeness (QED) is 0.220.